The molecule has 0 spiro atoms. The minimum Gasteiger partial charge on any atom is -0.504 e. The molecule has 1 aliphatic heterocycles. The van der Waals surface area contributed by atoms with E-state index in [-0.39, 0.29) is 17.2 Å². The van der Waals surface area contributed by atoms with Crippen LogP contribution in [0.15, 0.2) is 48.5 Å². The molecule has 0 radical (unpaired) electrons. The van der Waals surface area contributed by atoms with Crippen LogP contribution < -0.4 is 10.2 Å². The standard InChI is InChI=1S/C31H36N4O5/c1-3-4-26(36)17-21-5-7-23(8-6-21)24-9-11-25(12-10-24)35-15-13-22(14-16-35)18-27-33-20(2)30(39)29(34-27)31(40)32-19-28(37)38/h5-12,22,39H,3-4,13-19H2,1-2H3,(H,32,40)(H,37,38). The Morgan fingerprint density at radius 2 is 1.60 bits per heavy atom. The van der Waals surface area contributed by atoms with Crippen LogP contribution in [0.25, 0.3) is 11.1 Å². The number of ketones is 1. The average Bonchev–Trinajstić information content (AvgIpc) is 2.94. The number of nitrogens with zero attached hydrogens (tertiary/aromatic N) is 3. The van der Waals surface area contributed by atoms with Gasteiger partial charge < -0.3 is 20.4 Å². The van der Waals surface area contributed by atoms with E-state index in [4.69, 9.17) is 5.11 Å². The summed E-state index contributed by atoms with van der Waals surface area (Å²) in [6, 6.07) is 16.8. The average molecular weight is 545 g/mol. The molecule has 0 atom stereocenters. The van der Waals surface area contributed by atoms with E-state index in [0.717, 1.165) is 54.7 Å². The van der Waals surface area contributed by atoms with Gasteiger partial charge in [-0.2, -0.15) is 0 Å². The van der Waals surface area contributed by atoms with Crippen LogP contribution in [0.1, 0.15) is 60.2 Å². The van der Waals surface area contributed by atoms with Gasteiger partial charge in [0.05, 0.1) is 5.69 Å². The molecule has 3 N–H and O–H groups in total. The van der Waals surface area contributed by atoms with Crippen molar-refractivity contribution in [2.24, 2.45) is 5.92 Å². The number of rotatable bonds is 11. The normalized spacial score (nSPS) is 13.7. The zero-order valence-corrected chi connectivity index (χ0v) is 23.0. The van der Waals surface area contributed by atoms with Crippen molar-refractivity contribution in [3.63, 3.8) is 0 Å². The summed E-state index contributed by atoms with van der Waals surface area (Å²) in [4.78, 5) is 46.0. The number of aliphatic carboxylic acids is 1. The molecule has 40 heavy (non-hydrogen) atoms. The fourth-order valence-electron chi connectivity index (χ4n) is 5.04. The summed E-state index contributed by atoms with van der Waals surface area (Å²) in [6.07, 6.45) is 4.44. The highest BCUT2D eigenvalue weighted by Crippen LogP contribution is 2.29. The monoisotopic (exact) mass is 544 g/mol. The van der Waals surface area contributed by atoms with Crippen LogP contribution in [0.5, 0.6) is 5.75 Å². The summed E-state index contributed by atoms with van der Waals surface area (Å²) in [5.74, 6) is -1.16. The van der Waals surface area contributed by atoms with E-state index >= 15 is 0 Å². The van der Waals surface area contributed by atoms with Crippen molar-refractivity contribution in [3.8, 4) is 16.9 Å². The third-order valence-corrected chi connectivity index (χ3v) is 7.26. The second kappa shape index (κ2) is 13.2. The number of Topliss-reactive ketones (excluding diaryl/α,β-unsaturated/α-hetero) is 1. The molecule has 1 fully saturated rings. The van der Waals surface area contributed by atoms with Crippen LogP contribution in [0.2, 0.25) is 0 Å². The summed E-state index contributed by atoms with van der Waals surface area (Å²) < 4.78 is 0. The number of piperidine rings is 1. The molecule has 0 bridgehead atoms. The number of carbonyl (C=O) groups is 3. The van der Waals surface area contributed by atoms with Gasteiger partial charge in [0, 0.05) is 38.0 Å². The van der Waals surface area contributed by atoms with Crippen LogP contribution >= 0.6 is 0 Å². The first kappa shape index (κ1) is 28.7. The van der Waals surface area contributed by atoms with E-state index < -0.39 is 18.4 Å². The molecule has 2 heterocycles. The molecule has 1 aliphatic rings. The summed E-state index contributed by atoms with van der Waals surface area (Å²) in [5, 5.41) is 21.3. The number of carboxylic acids is 1. The Balaban J connectivity index is 1.32. The van der Waals surface area contributed by atoms with Crippen LogP contribution in [0, 0.1) is 12.8 Å². The van der Waals surface area contributed by atoms with Crippen molar-refractivity contribution < 1.29 is 24.6 Å². The van der Waals surface area contributed by atoms with Crippen LogP contribution in [-0.2, 0) is 22.4 Å². The summed E-state index contributed by atoms with van der Waals surface area (Å²) in [6.45, 7) is 4.84. The van der Waals surface area contributed by atoms with Crippen LogP contribution in [-0.4, -0.2) is 57.5 Å². The number of amides is 1. The lowest BCUT2D eigenvalue weighted by molar-refractivity contribution is -0.135. The Morgan fingerprint density at radius 3 is 2.20 bits per heavy atom. The second-order valence-corrected chi connectivity index (χ2v) is 10.3. The summed E-state index contributed by atoms with van der Waals surface area (Å²) in [7, 11) is 0. The minimum atomic E-state index is -1.18. The lowest BCUT2D eigenvalue weighted by Crippen LogP contribution is -2.34. The van der Waals surface area contributed by atoms with Gasteiger partial charge in [0.1, 0.15) is 18.2 Å². The molecule has 9 nitrogen and oxygen atoms in total. The lowest BCUT2D eigenvalue weighted by atomic mass is 9.92. The molecular formula is C31H36N4O5. The summed E-state index contributed by atoms with van der Waals surface area (Å²) >= 11 is 0. The topological polar surface area (TPSA) is 133 Å². The first-order valence-corrected chi connectivity index (χ1v) is 13.8. The molecule has 9 heteroatoms. The number of benzene rings is 2. The van der Waals surface area contributed by atoms with E-state index in [2.05, 4.69) is 56.6 Å². The van der Waals surface area contributed by atoms with Gasteiger partial charge in [0.25, 0.3) is 5.91 Å². The Hall–Kier alpha value is -4.27. The smallest absolute Gasteiger partial charge is 0.322 e. The number of anilines is 1. The molecule has 4 rings (SSSR count). The number of aryl methyl sites for hydroxylation is 1. The van der Waals surface area contributed by atoms with Gasteiger partial charge >= 0.3 is 5.97 Å². The highest BCUT2D eigenvalue weighted by Gasteiger charge is 2.23. The fraction of sp³-hybridized carbons (Fsp3) is 0.387. The third-order valence-electron chi connectivity index (χ3n) is 7.26. The molecule has 210 valence electrons. The highest BCUT2D eigenvalue weighted by atomic mass is 16.4. The SMILES string of the molecule is CCCC(=O)Cc1ccc(-c2ccc(N3CCC(Cc4nc(C)c(O)c(C(=O)NCC(=O)O)n4)CC3)cc2)cc1. The van der Waals surface area contributed by atoms with Crippen molar-refractivity contribution in [2.75, 3.05) is 24.5 Å². The predicted molar refractivity (Wildman–Crippen MR) is 153 cm³/mol. The van der Waals surface area contributed by atoms with E-state index in [1.54, 1.807) is 6.92 Å². The largest absolute Gasteiger partial charge is 0.504 e. The van der Waals surface area contributed by atoms with Gasteiger partial charge in [-0.15, -0.1) is 0 Å². The van der Waals surface area contributed by atoms with Gasteiger partial charge in [-0.1, -0.05) is 43.3 Å². The number of carbonyl (C=O) groups excluding carboxylic acids is 2. The number of hydrogen-bond donors (Lipinski definition) is 3. The van der Waals surface area contributed by atoms with Crippen molar-refractivity contribution in [1.29, 1.82) is 0 Å². The minimum absolute atomic E-state index is 0.194. The number of aromatic nitrogens is 2. The quantitative estimate of drug-likeness (QED) is 0.325. The van der Waals surface area contributed by atoms with Gasteiger partial charge in [-0.25, -0.2) is 9.97 Å². The van der Waals surface area contributed by atoms with Gasteiger partial charge in [0.15, 0.2) is 11.4 Å². The van der Waals surface area contributed by atoms with Crippen LogP contribution in [0.3, 0.4) is 0 Å². The Kier molecular flexibility index (Phi) is 9.47. The van der Waals surface area contributed by atoms with Crippen molar-refractivity contribution in [3.05, 3.63) is 71.3 Å². The molecular weight excluding hydrogens is 508 g/mol. The molecule has 1 amide bonds. The molecule has 2 aromatic carbocycles. The number of hydrogen-bond acceptors (Lipinski definition) is 7. The fourth-order valence-corrected chi connectivity index (χ4v) is 5.04. The molecule has 0 saturated carbocycles. The van der Waals surface area contributed by atoms with Gasteiger partial charge in [-0.05, 0) is 60.9 Å². The zero-order valence-electron chi connectivity index (χ0n) is 23.0. The van der Waals surface area contributed by atoms with E-state index in [9.17, 15) is 19.5 Å². The first-order chi connectivity index (χ1) is 19.2. The first-order valence-electron chi connectivity index (χ1n) is 13.8. The maximum absolute atomic E-state index is 12.3. The maximum Gasteiger partial charge on any atom is 0.322 e. The van der Waals surface area contributed by atoms with Crippen molar-refractivity contribution in [1.82, 2.24) is 15.3 Å². The van der Waals surface area contributed by atoms with Crippen LogP contribution in [0.4, 0.5) is 5.69 Å². The number of carboxylic acid groups (broad SMARTS) is 1. The molecule has 3 aromatic rings. The molecule has 0 unspecified atom stereocenters. The second-order valence-electron chi connectivity index (χ2n) is 10.3. The van der Waals surface area contributed by atoms with Crippen molar-refractivity contribution >= 4 is 23.3 Å². The molecule has 1 saturated heterocycles. The Morgan fingerprint density at radius 1 is 0.975 bits per heavy atom. The van der Waals surface area contributed by atoms with Gasteiger partial charge in [0.2, 0.25) is 0 Å². The lowest BCUT2D eigenvalue weighted by Gasteiger charge is -2.33. The van der Waals surface area contributed by atoms with E-state index in [1.807, 2.05) is 19.1 Å². The Labute approximate surface area is 234 Å². The van der Waals surface area contributed by atoms with Crippen molar-refractivity contribution in [2.45, 2.75) is 52.4 Å². The highest BCUT2D eigenvalue weighted by molar-refractivity contribution is 5.96. The molecule has 0 aliphatic carbocycles. The Bertz CT molecular complexity index is 1350. The zero-order chi connectivity index (χ0) is 28.6. The third kappa shape index (κ3) is 7.43. The number of aromatic hydroxyl groups is 1. The number of nitrogens with one attached hydrogen (secondary N) is 1. The van der Waals surface area contributed by atoms with E-state index in [0.29, 0.717) is 36.7 Å². The van der Waals surface area contributed by atoms with E-state index in [1.165, 1.54) is 0 Å². The summed E-state index contributed by atoms with van der Waals surface area (Å²) in [5.41, 5.74) is 4.57. The maximum atomic E-state index is 12.3. The predicted octanol–water partition coefficient (Wildman–Crippen LogP) is 4.34. The molecule has 1 aromatic heterocycles. The van der Waals surface area contributed by atoms with Gasteiger partial charge in [-0.3, -0.25) is 14.4 Å².